The number of nitrogens with zero attached hydrogens (tertiary/aromatic N) is 3. The van der Waals surface area contributed by atoms with Crippen LogP contribution in [0.1, 0.15) is 12.7 Å². The quantitative estimate of drug-likeness (QED) is 0.400. The third kappa shape index (κ3) is 4.39. The number of hydrogen-bond acceptors (Lipinski definition) is 5. The number of allylic oxidation sites excluding steroid dienone is 1. The Morgan fingerprint density at radius 1 is 1.36 bits per heavy atom. The normalized spacial score (nSPS) is 11.7. The van der Waals surface area contributed by atoms with Gasteiger partial charge in [-0.1, -0.05) is 23.9 Å². The Morgan fingerprint density at radius 3 is 3.04 bits per heavy atom. The summed E-state index contributed by atoms with van der Waals surface area (Å²) in [7, 11) is 0. The van der Waals surface area contributed by atoms with Crippen molar-refractivity contribution in [3.63, 3.8) is 0 Å². The van der Waals surface area contributed by atoms with E-state index < -0.39 is 0 Å². The third-order valence-corrected chi connectivity index (χ3v) is 4.40. The Hall–Kier alpha value is -2.80. The summed E-state index contributed by atoms with van der Waals surface area (Å²) in [6.45, 7) is 2.87. The molecule has 2 aromatic heterocycles. The molecular formula is C18H18N4O2S. The number of aryl methyl sites for hydroxylation is 1. The van der Waals surface area contributed by atoms with E-state index in [1.54, 1.807) is 24.5 Å². The Labute approximate surface area is 149 Å². The van der Waals surface area contributed by atoms with Gasteiger partial charge in [-0.3, -0.25) is 4.79 Å². The molecule has 0 aliphatic rings. The van der Waals surface area contributed by atoms with E-state index in [9.17, 15) is 4.79 Å². The lowest BCUT2D eigenvalue weighted by Gasteiger charge is -2.04. The van der Waals surface area contributed by atoms with E-state index >= 15 is 0 Å². The molecule has 0 atom stereocenters. The number of hydrazone groups is 1. The zero-order valence-electron chi connectivity index (χ0n) is 13.8. The maximum Gasteiger partial charge on any atom is 0.250 e. The largest absolute Gasteiger partial charge is 0.465 e. The molecule has 1 N–H and O–H groups in total. The van der Waals surface area contributed by atoms with E-state index in [4.69, 9.17) is 4.42 Å². The van der Waals surface area contributed by atoms with Gasteiger partial charge in [0.05, 0.1) is 23.0 Å². The van der Waals surface area contributed by atoms with Crippen LogP contribution in [-0.2, 0) is 11.3 Å². The molecule has 1 aromatic carbocycles. The molecule has 0 saturated heterocycles. The van der Waals surface area contributed by atoms with Gasteiger partial charge in [-0.2, -0.15) is 5.10 Å². The van der Waals surface area contributed by atoms with Crippen LogP contribution < -0.4 is 5.43 Å². The highest BCUT2D eigenvalue weighted by molar-refractivity contribution is 7.99. The van der Waals surface area contributed by atoms with Gasteiger partial charge in [-0.05, 0) is 43.3 Å². The maximum atomic E-state index is 11.9. The first-order valence-corrected chi connectivity index (χ1v) is 8.86. The molecule has 0 aliphatic heterocycles. The predicted octanol–water partition coefficient (Wildman–Crippen LogP) is 3.56. The smallest absolute Gasteiger partial charge is 0.250 e. The number of hydrogen-bond donors (Lipinski definition) is 1. The van der Waals surface area contributed by atoms with Gasteiger partial charge in [-0.25, -0.2) is 10.4 Å². The van der Waals surface area contributed by atoms with Crippen molar-refractivity contribution in [3.8, 4) is 0 Å². The molecule has 0 saturated carbocycles. The van der Waals surface area contributed by atoms with Crippen molar-refractivity contribution in [1.29, 1.82) is 0 Å². The number of rotatable bonds is 7. The minimum Gasteiger partial charge on any atom is -0.465 e. The zero-order valence-corrected chi connectivity index (χ0v) is 14.6. The summed E-state index contributed by atoms with van der Waals surface area (Å²) in [5.41, 5.74) is 4.51. The molecule has 0 bridgehead atoms. The Balaban J connectivity index is 1.52. The average molecular weight is 354 g/mol. The molecule has 0 radical (unpaired) electrons. The van der Waals surface area contributed by atoms with Crippen LogP contribution in [0.4, 0.5) is 0 Å². The van der Waals surface area contributed by atoms with E-state index in [0.717, 1.165) is 28.5 Å². The SMILES string of the molecule is CCn1c(SCC(=O)N/N=C\C=C\c2ccco2)nc2ccccc21. The topological polar surface area (TPSA) is 72.4 Å². The van der Waals surface area contributed by atoms with E-state index in [1.807, 2.05) is 30.3 Å². The van der Waals surface area contributed by atoms with E-state index in [-0.39, 0.29) is 11.7 Å². The van der Waals surface area contributed by atoms with Crippen LogP contribution in [0.5, 0.6) is 0 Å². The van der Waals surface area contributed by atoms with Crippen molar-refractivity contribution in [2.75, 3.05) is 5.75 Å². The van der Waals surface area contributed by atoms with Crippen LogP contribution in [0.25, 0.3) is 17.1 Å². The molecule has 3 aromatic rings. The number of carbonyl (C=O) groups is 1. The van der Waals surface area contributed by atoms with Crippen LogP contribution in [0.2, 0.25) is 0 Å². The summed E-state index contributed by atoms with van der Waals surface area (Å²) in [5.74, 6) is 0.803. The molecule has 0 aliphatic carbocycles. The highest BCUT2D eigenvalue weighted by Gasteiger charge is 2.11. The lowest BCUT2D eigenvalue weighted by atomic mass is 10.3. The number of fused-ring (bicyclic) bond motifs is 1. The number of benzene rings is 1. The number of carbonyl (C=O) groups excluding carboxylic acids is 1. The minimum absolute atomic E-state index is 0.178. The molecule has 0 spiro atoms. The predicted molar refractivity (Wildman–Crippen MR) is 101 cm³/mol. The molecule has 7 heteroatoms. The summed E-state index contributed by atoms with van der Waals surface area (Å²) in [4.78, 5) is 16.5. The summed E-state index contributed by atoms with van der Waals surface area (Å²) in [5, 5.41) is 4.71. The van der Waals surface area contributed by atoms with E-state index in [2.05, 4.69) is 27.0 Å². The number of thioether (sulfide) groups is 1. The van der Waals surface area contributed by atoms with Crippen LogP contribution in [-0.4, -0.2) is 27.4 Å². The molecule has 2 heterocycles. The second-order valence-electron chi connectivity index (χ2n) is 5.10. The van der Waals surface area contributed by atoms with Gasteiger partial charge in [0.25, 0.3) is 5.91 Å². The minimum atomic E-state index is -0.178. The average Bonchev–Trinajstić information content (AvgIpc) is 3.26. The van der Waals surface area contributed by atoms with Crippen LogP contribution in [0.3, 0.4) is 0 Å². The standard InChI is InChI=1S/C18H18N4O2S/c1-2-22-16-10-4-3-9-15(16)20-18(22)25-13-17(23)21-19-11-5-7-14-8-6-12-24-14/h3-12H,2,13H2,1H3,(H,21,23)/b7-5+,19-11-. The molecule has 0 fully saturated rings. The van der Waals surface area contributed by atoms with Crippen LogP contribution in [0, 0.1) is 0 Å². The number of nitrogens with one attached hydrogen (secondary N) is 1. The first-order chi connectivity index (χ1) is 12.3. The van der Waals surface area contributed by atoms with Crippen molar-refractivity contribution in [2.24, 2.45) is 5.10 Å². The lowest BCUT2D eigenvalue weighted by molar-refractivity contribution is -0.118. The summed E-state index contributed by atoms with van der Waals surface area (Å²) in [6, 6.07) is 11.6. The number of para-hydroxylation sites is 2. The second-order valence-corrected chi connectivity index (χ2v) is 6.05. The van der Waals surface area contributed by atoms with Crippen molar-refractivity contribution in [1.82, 2.24) is 15.0 Å². The number of furan rings is 1. The molecule has 1 amide bonds. The fraction of sp³-hybridized carbons (Fsp3) is 0.167. The summed E-state index contributed by atoms with van der Waals surface area (Å²) >= 11 is 1.40. The van der Waals surface area contributed by atoms with Gasteiger partial charge in [0.1, 0.15) is 5.76 Å². The molecule has 0 unspecified atom stereocenters. The number of amides is 1. The first-order valence-electron chi connectivity index (χ1n) is 7.88. The van der Waals surface area contributed by atoms with Gasteiger partial charge >= 0.3 is 0 Å². The van der Waals surface area contributed by atoms with Gasteiger partial charge in [0, 0.05) is 12.8 Å². The van der Waals surface area contributed by atoms with Gasteiger partial charge in [0.15, 0.2) is 5.16 Å². The molecular weight excluding hydrogens is 336 g/mol. The Kier molecular flexibility index (Phi) is 5.69. The van der Waals surface area contributed by atoms with E-state index in [1.165, 1.54) is 18.0 Å². The number of aromatic nitrogens is 2. The monoisotopic (exact) mass is 354 g/mol. The Bertz CT molecular complexity index is 897. The van der Waals surface area contributed by atoms with Gasteiger partial charge in [-0.15, -0.1) is 0 Å². The van der Waals surface area contributed by atoms with Gasteiger partial charge < -0.3 is 8.98 Å². The summed E-state index contributed by atoms with van der Waals surface area (Å²) < 4.78 is 7.25. The first kappa shape index (κ1) is 17.0. The highest BCUT2D eigenvalue weighted by atomic mass is 32.2. The van der Waals surface area contributed by atoms with Crippen LogP contribution >= 0.6 is 11.8 Å². The van der Waals surface area contributed by atoms with Gasteiger partial charge in [0.2, 0.25) is 0 Å². The van der Waals surface area contributed by atoms with E-state index in [0.29, 0.717) is 0 Å². The molecule has 6 nitrogen and oxygen atoms in total. The van der Waals surface area contributed by atoms with Crippen LogP contribution in [0.15, 0.2) is 63.4 Å². The third-order valence-electron chi connectivity index (χ3n) is 3.42. The fourth-order valence-corrected chi connectivity index (χ4v) is 3.18. The molecule has 3 rings (SSSR count). The zero-order chi connectivity index (χ0) is 17.5. The lowest BCUT2D eigenvalue weighted by Crippen LogP contribution is -2.19. The van der Waals surface area contributed by atoms with Crippen molar-refractivity contribution in [2.45, 2.75) is 18.6 Å². The second kappa shape index (κ2) is 8.34. The van der Waals surface area contributed by atoms with Crippen molar-refractivity contribution in [3.05, 3.63) is 54.5 Å². The van der Waals surface area contributed by atoms with Crippen molar-refractivity contribution < 1.29 is 9.21 Å². The molecule has 128 valence electrons. The fourth-order valence-electron chi connectivity index (χ4n) is 2.31. The Morgan fingerprint density at radius 2 is 2.24 bits per heavy atom. The highest BCUT2D eigenvalue weighted by Crippen LogP contribution is 2.23. The maximum absolute atomic E-state index is 11.9. The number of imidazole rings is 1. The summed E-state index contributed by atoms with van der Waals surface area (Å²) in [6.07, 6.45) is 6.56. The van der Waals surface area contributed by atoms with Crippen molar-refractivity contribution >= 4 is 41.0 Å². The molecule has 25 heavy (non-hydrogen) atoms.